The summed E-state index contributed by atoms with van der Waals surface area (Å²) >= 11 is 0. The molecule has 112 valence electrons. The molecule has 0 bridgehead atoms. The van der Waals surface area contributed by atoms with Crippen LogP contribution in [0.2, 0.25) is 0 Å². The molecule has 0 saturated heterocycles. The van der Waals surface area contributed by atoms with Crippen LogP contribution in [-0.4, -0.2) is 18.0 Å². The SMILES string of the molecule is FC(F)(F)C(F)(F)C(F)(F)C1=CCCC=CCC1.[Pt+2]. The summed E-state index contributed by atoms with van der Waals surface area (Å²) < 4.78 is 88.2. The molecule has 1 rings (SSSR count). The van der Waals surface area contributed by atoms with E-state index in [2.05, 4.69) is 0 Å². The molecule has 0 amide bonds. The van der Waals surface area contributed by atoms with Crippen LogP contribution < -0.4 is 0 Å². The predicted octanol–water partition coefficient (Wildman–Crippen LogP) is 4.87. The summed E-state index contributed by atoms with van der Waals surface area (Å²) in [7, 11) is 0. The van der Waals surface area contributed by atoms with Crippen molar-refractivity contribution in [3.8, 4) is 0 Å². The Kier molecular flexibility index (Phi) is 6.31. The van der Waals surface area contributed by atoms with E-state index in [4.69, 9.17) is 0 Å². The van der Waals surface area contributed by atoms with E-state index in [0.717, 1.165) is 6.08 Å². The number of hydrogen-bond acceptors (Lipinski definition) is 0. The first-order valence-electron chi connectivity index (χ1n) is 5.27. The Morgan fingerprint density at radius 1 is 0.789 bits per heavy atom. The summed E-state index contributed by atoms with van der Waals surface area (Å²) in [6, 6.07) is 0. The molecular weight excluding hydrogens is 460 g/mol. The Balaban J connectivity index is 0.00000324. The third kappa shape index (κ3) is 3.83. The maximum Gasteiger partial charge on any atom is 2.00 e. The van der Waals surface area contributed by atoms with Gasteiger partial charge in [0.25, 0.3) is 0 Å². The van der Waals surface area contributed by atoms with E-state index in [1.165, 1.54) is 6.08 Å². The van der Waals surface area contributed by atoms with Crippen LogP contribution in [0.1, 0.15) is 25.7 Å². The van der Waals surface area contributed by atoms with E-state index < -0.39 is 30.0 Å². The van der Waals surface area contributed by atoms with E-state index in [1.807, 2.05) is 0 Å². The smallest absolute Gasteiger partial charge is 0.194 e. The molecule has 0 aromatic rings. The van der Waals surface area contributed by atoms with Gasteiger partial charge >= 0.3 is 39.1 Å². The molecule has 19 heavy (non-hydrogen) atoms. The largest absolute Gasteiger partial charge is 2.00 e. The van der Waals surface area contributed by atoms with Crippen LogP contribution in [0.5, 0.6) is 0 Å². The summed E-state index contributed by atoms with van der Waals surface area (Å²) in [5, 5.41) is 0. The molecule has 1 aliphatic carbocycles. The van der Waals surface area contributed by atoms with Crippen molar-refractivity contribution in [1.29, 1.82) is 0 Å². The Hall–Kier alpha value is -0.322. The van der Waals surface area contributed by atoms with Gasteiger partial charge in [-0.3, -0.25) is 0 Å². The second kappa shape index (κ2) is 6.42. The van der Waals surface area contributed by atoms with Crippen LogP contribution in [0.3, 0.4) is 0 Å². The van der Waals surface area contributed by atoms with Crippen molar-refractivity contribution in [3.05, 3.63) is 23.8 Å². The first-order valence-corrected chi connectivity index (χ1v) is 5.27. The average molecular weight is 471 g/mol. The van der Waals surface area contributed by atoms with Gasteiger partial charge in [-0.2, -0.15) is 30.7 Å². The number of halogens is 7. The Morgan fingerprint density at radius 2 is 1.32 bits per heavy atom. The molecule has 0 N–H and O–H groups in total. The molecule has 0 nitrogen and oxygen atoms in total. The molecule has 0 aliphatic heterocycles. The van der Waals surface area contributed by atoms with Gasteiger partial charge in [0.15, 0.2) is 0 Å². The third-order valence-corrected chi connectivity index (χ3v) is 2.62. The van der Waals surface area contributed by atoms with Crippen LogP contribution in [-0.2, 0) is 21.1 Å². The Morgan fingerprint density at radius 3 is 1.84 bits per heavy atom. The monoisotopic (exact) mass is 471 g/mol. The van der Waals surface area contributed by atoms with Crippen molar-refractivity contribution in [3.63, 3.8) is 0 Å². The van der Waals surface area contributed by atoms with Crippen molar-refractivity contribution in [2.75, 3.05) is 0 Å². The van der Waals surface area contributed by atoms with Gasteiger partial charge in [-0.15, -0.1) is 0 Å². The summed E-state index contributed by atoms with van der Waals surface area (Å²) in [5.74, 6) is -11.2. The standard InChI is InChI=1S/C11H11F7.Pt/c12-9(13,10(14,15)11(16,17)18)8-6-4-2-1-3-5-7-8;/h1-2,7H,3-6H2;/q;+2. The van der Waals surface area contributed by atoms with Crippen molar-refractivity contribution < 1.29 is 51.8 Å². The van der Waals surface area contributed by atoms with Gasteiger partial charge < -0.3 is 0 Å². The molecule has 0 atom stereocenters. The molecule has 0 radical (unpaired) electrons. The van der Waals surface area contributed by atoms with Gasteiger partial charge in [0.2, 0.25) is 0 Å². The predicted molar refractivity (Wildman–Crippen MR) is 51.6 cm³/mol. The van der Waals surface area contributed by atoms with Crippen LogP contribution in [0.15, 0.2) is 23.8 Å². The molecule has 0 fully saturated rings. The molecule has 0 aromatic heterocycles. The topological polar surface area (TPSA) is 0 Å². The van der Waals surface area contributed by atoms with Gasteiger partial charge in [0, 0.05) is 5.57 Å². The van der Waals surface area contributed by atoms with Gasteiger partial charge in [0.05, 0.1) is 0 Å². The van der Waals surface area contributed by atoms with Crippen molar-refractivity contribution in [2.45, 2.75) is 43.7 Å². The minimum Gasteiger partial charge on any atom is -0.194 e. The summed E-state index contributed by atoms with van der Waals surface area (Å²) in [6.45, 7) is 0. The van der Waals surface area contributed by atoms with E-state index in [0.29, 0.717) is 6.42 Å². The molecule has 0 spiro atoms. The fourth-order valence-corrected chi connectivity index (χ4v) is 1.60. The minimum absolute atomic E-state index is 0. The van der Waals surface area contributed by atoms with E-state index in [-0.39, 0.29) is 33.9 Å². The number of alkyl halides is 7. The summed E-state index contributed by atoms with van der Waals surface area (Å²) in [5.41, 5.74) is -1.14. The van der Waals surface area contributed by atoms with E-state index in [1.54, 1.807) is 6.08 Å². The normalized spacial score (nSPS) is 18.2. The van der Waals surface area contributed by atoms with Gasteiger partial charge in [-0.1, -0.05) is 18.2 Å². The summed E-state index contributed by atoms with van der Waals surface area (Å²) in [4.78, 5) is 0. The number of rotatable bonds is 2. The second-order valence-corrected chi connectivity index (χ2v) is 3.96. The maximum atomic E-state index is 13.3. The first-order chi connectivity index (χ1) is 8.11. The second-order valence-electron chi connectivity index (χ2n) is 3.96. The number of hydrogen-bond donors (Lipinski definition) is 0. The minimum atomic E-state index is -6.27. The van der Waals surface area contributed by atoms with Crippen molar-refractivity contribution >= 4 is 0 Å². The summed E-state index contributed by atoms with van der Waals surface area (Å²) in [6.07, 6.45) is -2.43. The van der Waals surface area contributed by atoms with Crippen LogP contribution in [0, 0.1) is 0 Å². The average Bonchev–Trinajstić information content (AvgIpc) is 2.13. The van der Waals surface area contributed by atoms with Crippen molar-refractivity contribution in [2.24, 2.45) is 0 Å². The molecule has 8 heteroatoms. The zero-order chi connectivity index (χ0) is 14.0. The van der Waals surface area contributed by atoms with Crippen LogP contribution >= 0.6 is 0 Å². The molecule has 0 unspecified atom stereocenters. The first kappa shape index (κ1) is 18.7. The van der Waals surface area contributed by atoms with Crippen LogP contribution in [0.25, 0.3) is 0 Å². The molecule has 0 saturated carbocycles. The fourth-order valence-electron chi connectivity index (χ4n) is 1.60. The fraction of sp³-hybridized carbons (Fsp3) is 0.636. The Labute approximate surface area is 120 Å². The zero-order valence-electron chi connectivity index (χ0n) is 9.52. The molecule has 1 aliphatic rings. The third-order valence-electron chi connectivity index (χ3n) is 2.62. The Bertz CT molecular complexity index is 355. The van der Waals surface area contributed by atoms with Gasteiger partial charge in [-0.05, 0) is 25.7 Å². The van der Waals surface area contributed by atoms with Gasteiger partial charge in [-0.25, -0.2) is 0 Å². The quantitative estimate of drug-likeness (QED) is 0.398. The van der Waals surface area contributed by atoms with E-state index in [9.17, 15) is 30.7 Å². The zero-order valence-corrected chi connectivity index (χ0v) is 11.8. The number of allylic oxidation sites excluding steroid dienone is 4. The van der Waals surface area contributed by atoms with Gasteiger partial charge in [0.1, 0.15) is 0 Å². The van der Waals surface area contributed by atoms with Crippen molar-refractivity contribution in [1.82, 2.24) is 0 Å². The molecular formula is C11H11F7Pt+2. The maximum absolute atomic E-state index is 13.3. The van der Waals surface area contributed by atoms with Crippen LogP contribution in [0.4, 0.5) is 30.7 Å². The molecule has 0 heterocycles. The molecule has 0 aromatic carbocycles. The van der Waals surface area contributed by atoms with E-state index >= 15 is 0 Å².